The van der Waals surface area contributed by atoms with Crippen LogP contribution in [0.1, 0.15) is 25.8 Å². The Balaban J connectivity index is 2.18. The number of aliphatic hydroxyl groups excluding tert-OH is 1. The van der Waals surface area contributed by atoms with Gasteiger partial charge in [0.25, 0.3) is 0 Å². The van der Waals surface area contributed by atoms with Crippen LogP contribution in [0.25, 0.3) is 0 Å². The lowest BCUT2D eigenvalue weighted by Gasteiger charge is -2.30. The Morgan fingerprint density at radius 2 is 1.86 bits per heavy atom. The number of benzene rings is 1. The van der Waals surface area contributed by atoms with Crippen molar-refractivity contribution >= 4 is 11.4 Å². The van der Waals surface area contributed by atoms with Gasteiger partial charge < -0.3 is 15.7 Å². The SMILES string of the molecule is CCCNc1cncc(NC(C)(CO)c2ccccc2)c1. The molecule has 21 heavy (non-hydrogen) atoms. The van der Waals surface area contributed by atoms with Gasteiger partial charge in [-0.1, -0.05) is 37.3 Å². The largest absolute Gasteiger partial charge is 0.394 e. The van der Waals surface area contributed by atoms with Gasteiger partial charge in [-0.3, -0.25) is 4.98 Å². The van der Waals surface area contributed by atoms with E-state index in [2.05, 4.69) is 22.5 Å². The number of aromatic nitrogens is 1. The summed E-state index contributed by atoms with van der Waals surface area (Å²) in [6, 6.07) is 12.0. The van der Waals surface area contributed by atoms with E-state index < -0.39 is 5.54 Å². The Kier molecular flexibility index (Phi) is 5.17. The quantitative estimate of drug-likeness (QED) is 0.731. The number of nitrogens with zero attached hydrogens (tertiary/aromatic N) is 1. The topological polar surface area (TPSA) is 57.2 Å². The van der Waals surface area contributed by atoms with E-state index in [4.69, 9.17) is 0 Å². The van der Waals surface area contributed by atoms with Gasteiger partial charge >= 0.3 is 0 Å². The molecule has 0 aliphatic heterocycles. The number of hydrogen-bond donors (Lipinski definition) is 3. The number of anilines is 2. The van der Waals surface area contributed by atoms with Crippen LogP contribution in [-0.4, -0.2) is 23.2 Å². The maximum Gasteiger partial charge on any atom is 0.0828 e. The lowest BCUT2D eigenvalue weighted by molar-refractivity contribution is 0.224. The second-order valence-electron chi connectivity index (χ2n) is 5.37. The first kappa shape index (κ1) is 15.3. The molecule has 0 amide bonds. The Labute approximate surface area is 126 Å². The van der Waals surface area contributed by atoms with E-state index in [1.807, 2.05) is 43.3 Å². The van der Waals surface area contributed by atoms with Crippen molar-refractivity contribution in [1.29, 1.82) is 0 Å². The third-order valence-corrected chi connectivity index (χ3v) is 3.46. The zero-order chi connectivity index (χ0) is 15.1. The van der Waals surface area contributed by atoms with Crippen LogP contribution in [0.3, 0.4) is 0 Å². The zero-order valence-corrected chi connectivity index (χ0v) is 12.6. The molecule has 1 unspecified atom stereocenters. The summed E-state index contributed by atoms with van der Waals surface area (Å²) in [6.07, 6.45) is 4.64. The molecule has 0 aliphatic carbocycles. The van der Waals surface area contributed by atoms with Gasteiger partial charge in [0, 0.05) is 6.54 Å². The van der Waals surface area contributed by atoms with Crippen molar-refractivity contribution in [2.24, 2.45) is 0 Å². The monoisotopic (exact) mass is 285 g/mol. The lowest BCUT2D eigenvalue weighted by Crippen LogP contribution is -2.35. The molecule has 0 spiro atoms. The molecule has 3 N–H and O–H groups in total. The van der Waals surface area contributed by atoms with Gasteiger partial charge in [0.1, 0.15) is 0 Å². The van der Waals surface area contributed by atoms with Crippen molar-refractivity contribution < 1.29 is 5.11 Å². The van der Waals surface area contributed by atoms with E-state index >= 15 is 0 Å². The molecule has 0 saturated heterocycles. The van der Waals surface area contributed by atoms with Gasteiger partial charge in [-0.25, -0.2) is 0 Å². The predicted molar refractivity (Wildman–Crippen MR) is 87.5 cm³/mol. The average Bonchev–Trinajstić information content (AvgIpc) is 2.54. The molecule has 4 heteroatoms. The van der Waals surface area contributed by atoms with Crippen LogP contribution in [0, 0.1) is 0 Å². The van der Waals surface area contributed by atoms with E-state index in [1.165, 1.54) is 0 Å². The van der Waals surface area contributed by atoms with Gasteiger partial charge in [0.05, 0.1) is 35.9 Å². The van der Waals surface area contributed by atoms with E-state index in [9.17, 15) is 5.11 Å². The van der Waals surface area contributed by atoms with Gasteiger partial charge in [-0.2, -0.15) is 0 Å². The molecule has 0 fully saturated rings. The number of pyridine rings is 1. The molecule has 0 aliphatic rings. The molecule has 0 radical (unpaired) electrons. The molecular formula is C17H23N3O. The molecule has 1 atom stereocenters. The summed E-state index contributed by atoms with van der Waals surface area (Å²) in [6.45, 7) is 5.03. The Morgan fingerprint density at radius 3 is 2.52 bits per heavy atom. The van der Waals surface area contributed by atoms with Gasteiger partial charge in [-0.05, 0) is 25.0 Å². The summed E-state index contributed by atoms with van der Waals surface area (Å²) in [7, 11) is 0. The minimum absolute atomic E-state index is 0.00360. The molecule has 0 bridgehead atoms. The molecule has 1 heterocycles. The number of rotatable bonds is 7. The average molecular weight is 285 g/mol. The molecule has 1 aromatic carbocycles. The number of nitrogens with one attached hydrogen (secondary N) is 2. The predicted octanol–water partition coefficient (Wildman–Crippen LogP) is 3.22. The second-order valence-corrected chi connectivity index (χ2v) is 5.37. The third kappa shape index (κ3) is 3.95. The summed E-state index contributed by atoms with van der Waals surface area (Å²) in [5.41, 5.74) is 2.37. The Hall–Kier alpha value is -2.07. The van der Waals surface area contributed by atoms with Crippen LogP contribution in [0.5, 0.6) is 0 Å². The standard InChI is InChI=1S/C17H23N3O/c1-3-9-19-15-10-16(12-18-11-15)20-17(2,13-21)14-7-5-4-6-8-14/h4-8,10-12,19-21H,3,9,13H2,1-2H3. The fourth-order valence-corrected chi connectivity index (χ4v) is 2.20. The highest BCUT2D eigenvalue weighted by molar-refractivity contribution is 5.56. The fraction of sp³-hybridized carbons (Fsp3) is 0.353. The van der Waals surface area contributed by atoms with Gasteiger partial charge in [0.15, 0.2) is 0 Å². The highest BCUT2D eigenvalue weighted by atomic mass is 16.3. The molecule has 4 nitrogen and oxygen atoms in total. The summed E-state index contributed by atoms with van der Waals surface area (Å²) in [4.78, 5) is 4.24. The zero-order valence-electron chi connectivity index (χ0n) is 12.6. The van der Waals surface area contributed by atoms with Gasteiger partial charge in [-0.15, -0.1) is 0 Å². The van der Waals surface area contributed by atoms with Crippen molar-refractivity contribution in [3.8, 4) is 0 Å². The molecule has 0 saturated carbocycles. The van der Waals surface area contributed by atoms with Crippen LogP contribution in [0.2, 0.25) is 0 Å². The Bertz CT molecular complexity index is 559. The fourth-order valence-electron chi connectivity index (χ4n) is 2.20. The van der Waals surface area contributed by atoms with Crippen molar-refractivity contribution in [3.05, 3.63) is 54.4 Å². The lowest BCUT2D eigenvalue weighted by atomic mass is 9.92. The van der Waals surface area contributed by atoms with Crippen molar-refractivity contribution in [2.75, 3.05) is 23.8 Å². The van der Waals surface area contributed by atoms with Crippen molar-refractivity contribution in [1.82, 2.24) is 4.98 Å². The highest BCUT2D eigenvalue weighted by Gasteiger charge is 2.25. The number of hydrogen-bond acceptors (Lipinski definition) is 4. The number of aliphatic hydroxyl groups is 1. The normalized spacial score (nSPS) is 13.5. The maximum absolute atomic E-state index is 9.81. The first-order valence-electron chi connectivity index (χ1n) is 7.31. The van der Waals surface area contributed by atoms with E-state index in [0.717, 1.165) is 29.9 Å². The molecule has 112 valence electrons. The molecule has 1 aromatic heterocycles. The summed E-state index contributed by atoms with van der Waals surface area (Å²) >= 11 is 0. The van der Waals surface area contributed by atoms with Crippen molar-refractivity contribution in [3.63, 3.8) is 0 Å². The third-order valence-electron chi connectivity index (χ3n) is 3.46. The second kappa shape index (κ2) is 7.09. The molecule has 2 rings (SSSR count). The highest BCUT2D eigenvalue weighted by Crippen LogP contribution is 2.26. The first-order valence-corrected chi connectivity index (χ1v) is 7.31. The van der Waals surface area contributed by atoms with Gasteiger partial charge in [0.2, 0.25) is 0 Å². The summed E-state index contributed by atoms with van der Waals surface area (Å²) in [5.74, 6) is 0. The first-order chi connectivity index (χ1) is 10.2. The van der Waals surface area contributed by atoms with Crippen molar-refractivity contribution in [2.45, 2.75) is 25.8 Å². The van der Waals surface area contributed by atoms with Crippen LogP contribution in [0.4, 0.5) is 11.4 Å². The van der Waals surface area contributed by atoms with E-state index in [0.29, 0.717) is 0 Å². The van der Waals surface area contributed by atoms with Crippen LogP contribution < -0.4 is 10.6 Å². The Morgan fingerprint density at radius 1 is 1.14 bits per heavy atom. The van der Waals surface area contributed by atoms with E-state index in [-0.39, 0.29) is 6.61 Å². The van der Waals surface area contributed by atoms with Crippen LogP contribution >= 0.6 is 0 Å². The smallest absolute Gasteiger partial charge is 0.0828 e. The summed E-state index contributed by atoms with van der Waals surface area (Å²) in [5, 5.41) is 16.5. The maximum atomic E-state index is 9.81. The minimum atomic E-state index is -0.535. The van der Waals surface area contributed by atoms with Crippen LogP contribution in [-0.2, 0) is 5.54 Å². The minimum Gasteiger partial charge on any atom is -0.394 e. The van der Waals surface area contributed by atoms with Crippen LogP contribution in [0.15, 0.2) is 48.8 Å². The molecular weight excluding hydrogens is 262 g/mol. The van der Waals surface area contributed by atoms with E-state index in [1.54, 1.807) is 12.4 Å². The summed E-state index contributed by atoms with van der Waals surface area (Å²) < 4.78 is 0. The molecule has 2 aromatic rings.